The minimum atomic E-state index is -0.416. The van der Waals surface area contributed by atoms with Crippen molar-refractivity contribution in [2.75, 3.05) is 0 Å². The molecule has 8 aliphatic carbocycles. The van der Waals surface area contributed by atoms with Crippen molar-refractivity contribution in [2.24, 2.45) is 70.0 Å². The van der Waals surface area contributed by atoms with Gasteiger partial charge in [0.25, 0.3) is 0 Å². The van der Waals surface area contributed by atoms with Gasteiger partial charge in [0.15, 0.2) is 0 Å². The molecule has 1 N–H and O–H groups in total. The zero-order chi connectivity index (χ0) is 28.7. The smallest absolute Gasteiger partial charge is 0.139 e. The Labute approximate surface area is 263 Å². The van der Waals surface area contributed by atoms with E-state index in [1.807, 2.05) is 6.92 Å². The molecule has 43 heavy (non-hydrogen) atoms. The van der Waals surface area contributed by atoms with Crippen molar-refractivity contribution in [3.05, 3.63) is 0 Å². The van der Waals surface area contributed by atoms with Crippen LogP contribution in [0.4, 0.5) is 0 Å². The fraction of sp³-hybridized carbons (Fsp3) is 0.923. The highest BCUT2D eigenvalue weighted by Crippen LogP contribution is 2.63. The van der Waals surface area contributed by atoms with Gasteiger partial charge in [0.05, 0.1) is 5.60 Å². The minimum absolute atomic E-state index is 0. The third-order valence-electron chi connectivity index (χ3n) is 15.4. The fourth-order valence-electron chi connectivity index (χ4n) is 13.3. The Morgan fingerprint density at radius 3 is 1.58 bits per heavy atom. The van der Waals surface area contributed by atoms with Gasteiger partial charge in [0.2, 0.25) is 0 Å². The molecule has 4 nitrogen and oxygen atoms in total. The van der Waals surface area contributed by atoms with Crippen molar-refractivity contribution < 1.29 is 19.5 Å². The molecule has 0 amide bonds. The van der Waals surface area contributed by atoms with Crippen LogP contribution in [0.1, 0.15) is 151 Å². The molecule has 0 spiro atoms. The van der Waals surface area contributed by atoms with Crippen LogP contribution in [-0.2, 0) is 14.4 Å². The van der Waals surface area contributed by atoms with Gasteiger partial charge in [-0.25, -0.2) is 0 Å². The number of aliphatic hydroxyl groups is 1. The average molecular weight is 597 g/mol. The lowest BCUT2D eigenvalue weighted by Crippen LogP contribution is -2.50. The van der Waals surface area contributed by atoms with E-state index in [4.69, 9.17) is 0 Å². The highest BCUT2D eigenvalue weighted by Gasteiger charge is 2.58. The Hall–Kier alpha value is -1.03. The number of hydrogen-bond donors (Lipinski definition) is 1. The Bertz CT molecular complexity index is 1080. The lowest BCUT2D eigenvalue weighted by Gasteiger charge is -2.55. The Kier molecular flexibility index (Phi) is 9.27. The van der Waals surface area contributed by atoms with E-state index in [0.717, 1.165) is 112 Å². The van der Waals surface area contributed by atoms with E-state index >= 15 is 0 Å². The molecule has 8 rings (SSSR count). The van der Waals surface area contributed by atoms with Crippen LogP contribution in [0.5, 0.6) is 0 Å². The molecule has 4 heteroatoms. The standard InChI is InChI=1S/C19H30O2.C18H26O2.2CH4/c1-18(21)9-7-13-12(11-18)3-4-15-14(13)8-10-19(2)16(15)5-6-17(19)20;1-18-9-8-14-13-5-3-12(19)10-11(13)2-4-15(14)16(18)6-7-17(18)20;;/h12-16,21H,3-11H2,1-2H3;11,13-16H,2-10H2,1H3;2*1H4/t12-,13+,14-,15-,16+,18-,19+;11-,13+,14-,15-,16+,18+;;/m11../s1. The normalized spacial score (nSPS) is 51.5. The van der Waals surface area contributed by atoms with Gasteiger partial charge >= 0.3 is 0 Å². The van der Waals surface area contributed by atoms with E-state index in [1.165, 1.54) is 44.9 Å². The van der Waals surface area contributed by atoms with Gasteiger partial charge in [-0.3, -0.25) is 14.4 Å². The van der Waals surface area contributed by atoms with Crippen LogP contribution in [0, 0.1) is 70.0 Å². The number of ketones is 3. The zero-order valence-corrected chi connectivity index (χ0v) is 26.2. The number of Topliss-reactive ketones (excluding diaryl/α,β-unsaturated/α-hetero) is 3. The number of hydrogen-bond acceptors (Lipinski definition) is 4. The van der Waals surface area contributed by atoms with E-state index in [-0.39, 0.29) is 25.7 Å². The van der Waals surface area contributed by atoms with E-state index in [1.54, 1.807) is 0 Å². The molecule has 0 aromatic heterocycles. The van der Waals surface area contributed by atoms with Crippen molar-refractivity contribution in [1.29, 1.82) is 0 Å². The first-order valence-corrected chi connectivity index (χ1v) is 17.8. The van der Waals surface area contributed by atoms with Crippen LogP contribution in [0.3, 0.4) is 0 Å². The molecule has 0 unspecified atom stereocenters. The first kappa shape index (κ1) is 33.3. The summed E-state index contributed by atoms with van der Waals surface area (Å²) in [5, 5.41) is 10.4. The summed E-state index contributed by atoms with van der Waals surface area (Å²) in [4.78, 5) is 36.3. The number of carbonyl (C=O) groups is 3. The van der Waals surface area contributed by atoms with Gasteiger partial charge < -0.3 is 5.11 Å². The van der Waals surface area contributed by atoms with Gasteiger partial charge in [0, 0.05) is 36.5 Å². The first-order chi connectivity index (χ1) is 19.5. The summed E-state index contributed by atoms with van der Waals surface area (Å²) in [6.45, 7) is 6.55. The maximum Gasteiger partial charge on any atom is 0.139 e. The third kappa shape index (κ3) is 5.44. The zero-order valence-electron chi connectivity index (χ0n) is 26.2. The predicted molar refractivity (Wildman–Crippen MR) is 173 cm³/mol. The maximum atomic E-state index is 12.3. The summed E-state index contributed by atoms with van der Waals surface area (Å²) in [7, 11) is 0. The van der Waals surface area contributed by atoms with E-state index in [0.29, 0.717) is 35.1 Å². The summed E-state index contributed by atoms with van der Waals surface area (Å²) in [6, 6.07) is 0. The molecule has 8 saturated carbocycles. The van der Waals surface area contributed by atoms with Gasteiger partial charge in [0.1, 0.15) is 17.3 Å². The third-order valence-corrected chi connectivity index (χ3v) is 15.4. The maximum absolute atomic E-state index is 12.3. The molecule has 8 aliphatic rings. The monoisotopic (exact) mass is 596 g/mol. The number of fused-ring (bicyclic) bond motifs is 10. The van der Waals surface area contributed by atoms with E-state index in [2.05, 4.69) is 13.8 Å². The second-order valence-electron chi connectivity index (χ2n) is 17.2. The average Bonchev–Trinajstić information content (AvgIpc) is 3.42. The lowest BCUT2D eigenvalue weighted by molar-refractivity contribution is -0.135. The fourth-order valence-corrected chi connectivity index (χ4v) is 13.3. The summed E-state index contributed by atoms with van der Waals surface area (Å²) >= 11 is 0. The molecule has 0 radical (unpaired) electrons. The van der Waals surface area contributed by atoms with Gasteiger partial charge in [-0.2, -0.15) is 0 Å². The SMILES string of the molecule is C.C.C[C@@]1(O)CC[C@H]2[C@H](CC[C@@H]3[C@@H]2CC[C@]2(C)C(=O)CC[C@@H]32)C1.C[C@]12CC[C@H]3[C@@H](CC[C@@H]4CC(=O)CC[C@@H]43)[C@@H]1CCC2=O. The van der Waals surface area contributed by atoms with Crippen LogP contribution in [0.25, 0.3) is 0 Å². The molecule has 0 bridgehead atoms. The Morgan fingerprint density at radius 2 is 1.02 bits per heavy atom. The van der Waals surface area contributed by atoms with Crippen LogP contribution in [0.2, 0.25) is 0 Å². The first-order valence-electron chi connectivity index (χ1n) is 17.8. The van der Waals surface area contributed by atoms with Crippen LogP contribution >= 0.6 is 0 Å². The highest BCUT2D eigenvalue weighted by molar-refractivity contribution is 5.87. The largest absolute Gasteiger partial charge is 0.390 e. The summed E-state index contributed by atoms with van der Waals surface area (Å²) < 4.78 is 0. The lowest BCUT2D eigenvalue weighted by atomic mass is 9.50. The van der Waals surface area contributed by atoms with Crippen molar-refractivity contribution >= 4 is 17.3 Å². The molecular formula is C39H64O4. The molecule has 0 aliphatic heterocycles. The molecule has 8 fully saturated rings. The Balaban J connectivity index is 0.000000164. The van der Waals surface area contributed by atoms with Crippen molar-refractivity contribution in [3.63, 3.8) is 0 Å². The number of rotatable bonds is 0. The van der Waals surface area contributed by atoms with Crippen molar-refractivity contribution in [3.8, 4) is 0 Å². The topological polar surface area (TPSA) is 71.4 Å². The molecule has 244 valence electrons. The van der Waals surface area contributed by atoms with Gasteiger partial charge in [-0.1, -0.05) is 28.7 Å². The van der Waals surface area contributed by atoms with E-state index in [9.17, 15) is 19.5 Å². The molecule has 0 saturated heterocycles. The van der Waals surface area contributed by atoms with Gasteiger partial charge in [-0.05, 0) is 156 Å². The van der Waals surface area contributed by atoms with E-state index < -0.39 is 5.60 Å². The van der Waals surface area contributed by atoms with Crippen LogP contribution in [0.15, 0.2) is 0 Å². The van der Waals surface area contributed by atoms with Crippen molar-refractivity contribution in [1.82, 2.24) is 0 Å². The summed E-state index contributed by atoms with van der Waals surface area (Å²) in [6.07, 6.45) is 19.9. The quantitative estimate of drug-likeness (QED) is 0.303. The minimum Gasteiger partial charge on any atom is -0.390 e. The second kappa shape index (κ2) is 12.0. The summed E-state index contributed by atoms with van der Waals surface area (Å²) in [5.41, 5.74) is -0.382. The van der Waals surface area contributed by atoms with Crippen LogP contribution < -0.4 is 0 Å². The second-order valence-corrected chi connectivity index (χ2v) is 17.2. The van der Waals surface area contributed by atoms with Crippen LogP contribution in [-0.4, -0.2) is 28.1 Å². The molecular weight excluding hydrogens is 532 g/mol. The predicted octanol–water partition coefficient (Wildman–Crippen LogP) is 9.01. The van der Waals surface area contributed by atoms with Gasteiger partial charge in [-0.15, -0.1) is 0 Å². The molecule has 0 aromatic rings. The molecule has 13 atom stereocenters. The molecule has 0 heterocycles. The molecule has 0 aromatic carbocycles. The highest BCUT2D eigenvalue weighted by atomic mass is 16.3. The summed E-state index contributed by atoms with van der Waals surface area (Å²) in [5.74, 6) is 9.26. The number of carbonyl (C=O) groups excluding carboxylic acids is 3. The van der Waals surface area contributed by atoms with Crippen molar-refractivity contribution in [2.45, 2.75) is 157 Å². The Morgan fingerprint density at radius 1 is 0.535 bits per heavy atom.